The second-order valence-electron chi connectivity index (χ2n) is 7.81. The number of nitrogens with zero attached hydrogens (tertiary/aromatic N) is 2. The Balaban J connectivity index is 1.61. The Kier molecular flexibility index (Phi) is 7.72. The minimum atomic E-state index is -0.722. The van der Waals surface area contributed by atoms with Crippen molar-refractivity contribution in [3.8, 4) is 28.8 Å². The van der Waals surface area contributed by atoms with E-state index in [1.165, 1.54) is 13.3 Å². The first kappa shape index (κ1) is 24.6. The van der Waals surface area contributed by atoms with Crippen LogP contribution in [0.4, 0.5) is 5.69 Å². The summed E-state index contributed by atoms with van der Waals surface area (Å²) in [6, 6.07) is 16.0. The lowest BCUT2D eigenvalue weighted by Crippen LogP contribution is -2.27. The number of ether oxygens (including phenoxy) is 1. The van der Waals surface area contributed by atoms with Crippen LogP contribution in [0.25, 0.3) is 22.2 Å². The second kappa shape index (κ2) is 11.3. The lowest BCUT2D eigenvalue weighted by atomic mass is 10.0. The van der Waals surface area contributed by atoms with E-state index < -0.39 is 11.9 Å². The van der Waals surface area contributed by atoms with E-state index in [0.29, 0.717) is 22.2 Å². The van der Waals surface area contributed by atoms with Crippen molar-refractivity contribution in [1.82, 2.24) is 15.4 Å². The number of fused-ring (bicyclic) bond motifs is 1. The Morgan fingerprint density at radius 2 is 1.64 bits per heavy atom. The van der Waals surface area contributed by atoms with Gasteiger partial charge in [0.25, 0.3) is 5.91 Å². The van der Waals surface area contributed by atoms with E-state index in [1.807, 2.05) is 48.5 Å². The van der Waals surface area contributed by atoms with Gasteiger partial charge in [0.2, 0.25) is 0 Å². The molecule has 0 atom stereocenters. The first-order chi connectivity index (χ1) is 17.6. The normalized spacial score (nSPS) is 10.6. The topological polar surface area (TPSA) is 137 Å². The molecule has 0 saturated heterocycles. The number of pyridine rings is 2. The molecule has 0 radical (unpaired) electrons. The fourth-order valence-electron chi connectivity index (χ4n) is 3.66. The predicted molar refractivity (Wildman–Crippen MR) is 135 cm³/mol. The lowest BCUT2D eigenvalue weighted by Gasteiger charge is -2.14. The molecule has 1 amide bonds. The summed E-state index contributed by atoms with van der Waals surface area (Å²) in [4.78, 5) is 21.1. The van der Waals surface area contributed by atoms with Crippen molar-refractivity contribution in [2.24, 2.45) is 0 Å². The van der Waals surface area contributed by atoms with Gasteiger partial charge in [-0.1, -0.05) is 24.0 Å². The Labute approximate surface area is 207 Å². The maximum Gasteiger partial charge on any atom is 0.279 e. The van der Waals surface area contributed by atoms with Gasteiger partial charge in [-0.3, -0.25) is 15.0 Å². The molecule has 0 aliphatic carbocycles. The van der Waals surface area contributed by atoms with Crippen LogP contribution < -0.4 is 15.5 Å². The number of hydrogen-bond acceptors (Lipinski definition) is 8. The van der Waals surface area contributed by atoms with E-state index >= 15 is 0 Å². The van der Waals surface area contributed by atoms with Crippen LogP contribution >= 0.6 is 0 Å². The molecule has 9 nitrogen and oxygen atoms in total. The number of aliphatic hydroxyl groups is 2. The van der Waals surface area contributed by atoms with Gasteiger partial charge in [0, 0.05) is 40.2 Å². The summed E-state index contributed by atoms with van der Waals surface area (Å²) < 4.78 is 5.52. The molecule has 2 aromatic heterocycles. The van der Waals surface area contributed by atoms with Crippen molar-refractivity contribution in [3.63, 3.8) is 0 Å². The van der Waals surface area contributed by atoms with E-state index in [0.717, 1.165) is 16.8 Å². The Morgan fingerprint density at radius 1 is 1.00 bits per heavy atom. The molecule has 182 valence electrons. The van der Waals surface area contributed by atoms with Crippen LogP contribution in [0.2, 0.25) is 0 Å². The summed E-state index contributed by atoms with van der Waals surface area (Å²) in [5, 5.41) is 31.1. The Hall–Kier alpha value is -4.49. The Morgan fingerprint density at radius 3 is 2.22 bits per heavy atom. The molecule has 0 saturated carbocycles. The molecule has 2 aromatic carbocycles. The standard InChI is InChI=1S/C27H24N4O5/c1-36-26-24(27(34)31-35)22-14-28-13-12-23(22)30-25(26)19-8-4-17(5-9-19)2-3-18-6-10-20(11-7-18)29-21(15-32)16-33/h4-14,21,29,32-33,35H,15-16H2,1H3,(H,31,34). The van der Waals surface area contributed by atoms with Crippen molar-refractivity contribution < 1.29 is 25.0 Å². The number of aliphatic hydroxyl groups excluding tert-OH is 2. The van der Waals surface area contributed by atoms with Gasteiger partial charge in [0.05, 0.1) is 37.4 Å². The van der Waals surface area contributed by atoms with Gasteiger partial charge >= 0.3 is 0 Å². The summed E-state index contributed by atoms with van der Waals surface area (Å²) in [5.74, 6) is 5.71. The number of hydroxylamine groups is 1. The van der Waals surface area contributed by atoms with E-state index in [1.54, 1.807) is 17.7 Å². The number of rotatable bonds is 7. The van der Waals surface area contributed by atoms with Crippen LogP contribution in [0.5, 0.6) is 5.75 Å². The summed E-state index contributed by atoms with van der Waals surface area (Å²) in [7, 11) is 1.44. The fraction of sp³-hybridized carbons (Fsp3) is 0.148. The van der Waals surface area contributed by atoms with Crippen LogP contribution in [0.3, 0.4) is 0 Å². The molecular formula is C27H24N4O5. The van der Waals surface area contributed by atoms with E-state index in [9.17, 15) is 20.2 Å². The number of hydrogen-bond donors (Lipinski definition) is 5. The molecule has 4 aromatic rings. The fourth-order valence-corrected chi connectivity index (χ4v) is 3.66. The largest absolute Gasteiger partial charge is 0.494 e. The minimum absolute atomic E-state index is 0.138. The zero-order valence-electron chi connectivity index (χ0n) is 19.4. The summed E-state index contributed by atoms with van der Waals surface area (Å²) >= 11 is 0. The number of benzene rings is 2. The highest BCUT2D eigenvalue weighted by molar-refractivity contribution is 6.09. The Bertz CT molecular complexity index is 1420. The van der Waals surface area contributed by atoms with Gasteiger partial charge in [-0.15, -0.1) is 0 Å². The average Bonchev–Trinajstić information content (AvgIpc) is 2.94. The molecule has 36 heavy (non-hydrogen) atoms. The third kappa shape index (κ3) is 5.26. The van der Waals surface area contributed by atoms with Crippen molar-refractivity contribution in [3.05, 3.63) is 83.7 Å². The maximum atomic E-state index is 12.4. The first-order valence-corrected chi connectivity index (χ1v) is 11.0. The highest BCUT2D eigenvalue weighted by Crippen LogP contribution is 2.36. The van der Waals surface area contributed by atoms with Crippen LogP contribution in [0.15, 0.2) is 67.0 Å². The van der Waals surface area contributed by atoms with Crippen LogP contribution in [0, 0.1) is 11.8 Å². The van der Waals surface area contributed by atoms with Gasteiger partial charge in [-0.25, -0.2) is 10.5 Å². The number of methoxy groups -OCH3 is 1. The van der Waals surface area contributed by atoms with Gasteiger partial charge < -0.3 is 20.3 Å². The quantitative estimate of drug-likeness (QED) is 0.153. The molecule has 0 spiro atoms. The monoisotopic (exact) mass is 484 g/mol. The number of nitrogens with one attached hydrogen (secondary N) is 2. The second-order valence-corrected chi connectivity index (χ2v) is 7.81. The van der Waals surface area contributed by atoms with E-state index in [-0.39, 0.29) is 24.5 Å². The van der Waals surface area contributed by atoms with Crippen LogP contribution in [0.1, 0.15) is 21.5 Å². The van der Waals surface area contributed by atoms with Crippen molar-refractivity contribution in [1.29, 1.82) is 0 Å². The molecular weight excluding hydrogens is 460 g/mol. The molecule has 0 unspecified atom stereocenters. The summed E-state index contributed by atoms with van der Waals surface area (Å²) in [6.45, 7) is -0.330. The molecule has 5 N–H and O–H groups in total. The molecule has 0 bridgehead atoms. The van der Waals surface area contributed by atoms with Gasteiger partial charge in [-0.2, -0.15) is 0 Å². The molecule has 4 rings (SSSR count). The SMILES string of the molecule is COc1c(-c2ccc(C#Cc3ccc(NC(CO)CO)cc3)cc2)nc2ccncc2c1C(=O)NO. The van der Waals surface area contributed by atoms with E-state index in [2.05, 4.69) is 27.1 Å². The highest BCUT2D eigenvalue weighted by Gasteiger charge is 2.22. The van der Waals surface area contributed by atoms with Crippen LogP contribution in [-0.4, -0.2) is 57.7 Å². The van der Waals surface area contributed by atoms with Crippen molar-refractivity contribution in [2.45, 2.75) is 6.04 Å². The van der Waals surface area contributed by atoms with Crippen molar-refractivity contribution in [2.75, 3.05) is 25.6 Å². The van der Waals surface area contributed by atoms with Gasteiger partial charge in [0.1, 0.15) is 5.69 Å². The zero-order chi connectivity index (χ0) is 25.5. The minimum Gasteiger partial charge on any atom is -0.494 e. The highest BCUT2D eigenvalue weighted by atomic mass is 16.5. The number of amides is 1. The summed E-state index contributed by atoms with van der Waals surface area (Å²) in [6.07, 6.45) is 3.07. The molecule has 0 fully saturated rings. The molecule has 0 aliphatic heterocycles. The van der Waals surface area contributed by atoms with Gasteiger partial charge in [0.15, 0.2) is 5.75 Å². The summed E-state index contributed by atoms with van der Waals surface area (Å²) in [5.41, 5.74) is 5.85. The van der Waals surface area contributed by atoms with E-state index in [4.69, 9.17) is 4.74 Å². The smallest absolute Gasteiger partial charge is 0.279 e. The van der Waals surface area contributed by atoms with Gasteiger partial charge in [-0.05, 0) is 42.5 Å². The number of carbonyl (C=O) groups is 1. The average molecular weight is 485 g/mol. The number of anilines is 1. The molecule has 0 aliphatic rings. The molecule has 2 heterocycles. The predicted octanol–water partition coefficient (Wildman–Crippen LogP) is 2.59. The first-order valence-electron chi connectivity index (χ1n) is 11.0. The van der Waals surface area contributed by atoms with Crippen molar-refractivity contribution >= 4 is 22.5 Å². The number of aromatic nitrogens is 2. The zero-order valence-corrected chi connectivity index (χ0v) is 19.4. The lowest BCUT2D eigenvalue weighted by molar-refractivity contribution is 0.0705. The third-order valence-electron chi connectivity index (χ3n) is 5.48. The van der Waals surface area contributed by atoms with Crippen LogP contribution in [-0.2, 0) is 0 Å². The maximum absolute atomic E-state index is 12.4. The molecule has 9 heteroatoms. The number of carbonyl (C=O) groups excluding carboxylic acids is 1. The third-order valence-corrected chi connectivity index (χ3v) is 5.48.